The number of rotatable bonds is 3. The molecule has 1 aromatic carbocycles. The van der Waals surface area contributed by atoms with Crippen LogP contribution in [0.2, 0.25) is 0 Å². The van der Waals surface area contributed by atoms with Gasteiger partial charge in [-0.1, -0.05) is 30.3 Å². The molecule has 0 aliphatic carbocycles. The highest BCUT2D eigenvalue weighted by Gasteiger charge is 2.29. The van der Waals surface area contributed by atoms with Gasteiger partial charge in [0.1, 0.15) is 0 Å². The van der Waals surface area contributed by atoms with Gasteiger partial charge in [0.05, 0.1) is 6.04 Å². The third-order valence-corrected chi connectivity index (χ3v) is 4.65. The van der Waals surface area contributed by atoms with Crippen LogP contribution < -0.4 is 5.32 Å². The van der Waals surface area contributed by atoms with Crippen molar-refractivity contribution >= 4 is 18.3 Å². The Kier molecular flexibility index (Phi) is 6.07. The molecule has 1 atom stereocenters. The van der Waals surface area contributed by atoms with Gasteiger partial charge in [-0.3, -0.25) is 4.79 Å². The van der Waals surface area contributed by atoms with Crippen molar-refractivity contribution in [3.63, 3.8) is 0 Å². The van der Waals surface area contributed by atoms with Gasteiger partial charge in [-0.05, 0) is 50.1 Å². The van der Waals surface area contributed by atoms with Crippen molar-refractivity contribution in [2.45, 2.75) is 38.1 Å². The van der Waals surface area contributed by atoms with Gasteiger partial charge < -0.3 is 10.2 Å². The highest BCUT2D eigenvalue weighted by Crippen LogP contribution is 2.22. The summed E-state index contributed by atoms with van der Waals surface area (Å²) in [5.74, 6) is 1.07. The number of benzene rings is 1. The lowest BCUT2D eigenvalue weighted by Gasteiger charge is -2.33. The van der Waals surface area contributed by atoms with Gasteiger partial charge >= 0.3 is 0 Å². The number of piperidine rings is 1. The fourth-order valence-corrected chi connectivity index (χ4v) is 3.42. The predicted octanol–water partition coefficient (Wildman–Crippen LogP) is 2.64. The van der Waals surface area contributed by atoms with E-state index in [0.717, 1.165) is 57.7 Å². The van der Waals surface area contributed by atoms with E-state index in [-0.39, 0.29) is 18.4 Å². The maximum atomic E-state index is 12.3. The SMILES string of the molecule is Cl.O=C(C1CCCN1)N1CCC(Cc2ccccc2)CC1. The Hall–Kier alpha value is -1.06. The average molecular weight is 309 g/mol. The molecule has 3 nitrogen and oxygen atoms in total. The zero-order valence-corrected chi connectivity index (χ0v) is 13.3. The molecule has 2 saturated heterocycles. The van der Waals surface area contributed by atoms with Crippen molar-refractivity contribution < 1.29 is 4.79 Å². The standard InChI is InChI=1S/C17H24N2O.ClH/c20-17(16-7-4-10-18-16)19-11-8-15(9-12-19)13-14-5-2-1-3-6-14;/h1-3,5-6,15-16,18H,4,7-13H2;1H. The molecule has 1 amide bonds. The van der Waals surface area contributed by atoms with Crippen LogP contribution in [0.5, 0.6) is 0 Å². The van der Waals surface area contributed by atoms with Gasteiger partial charge in [-0.25, -0.2) is 0 Å². The molecule has 4 heteroatoms. The minimum Gasteiger partial charge on any atom is -0.341 e. The molecule has 2 heterocycles. The zero-order chi connectivity index (χ0) is 13.8. The summed E-state index contributed by atoms with van der Waals surface area (Å²) in [6, 6.07) is 10.8. The molecule has 1 aromatic rings. The Morgan fingerprint density at radius 1 is 1.14 bits per heavy atom. The molecule has 2 aliphatic heterocycles. The molecule has 0 saturated carbocycles. The summed E-state index contributed by atoms with van der Waals surface area (Å²) in [4.78, 5) is 14.4. The first-order valence-electron chi connectivity index (χ1n) is 7.89. The average Bonchev–Trinajstić information content (AvgIpc) is 3.03. The van der Waals surface area contributed by atoms with Gasteiger partial charge in [0.25, 0.3) is 0 Å². The number of amides is 1. The van der Waals surface area contributed by atoms with E-state index in [0.29, 0.717) is 5.91 Å². The molecule has 116 valence electrons. The molecule has 0 radical (unpaired) electrons. The van der Waals surface area contributed by atoms with Crippen molar-refractivity contribution in [3.8, 4) is 0 Å². The molecule has 0 bridgehead atoms. The Morgan fingerprint density at radius 3 is 2.48 bits per heavy atom. The first-order valence-corrected chi connectivity index (χ1v) is 7.89. The zero-order valence-electron chi connectivity index (χ0n) is 12.5. The van der Waals surface area contributed by atoms with E-state index in [2.05, 4.69) is 40.5 Å². The summed E-state index contributed by atoms with van der Waals surface area (Å²) >= 11 is 0. The summed E-state index contributed by atoms with van der Waals surface area (Å²) in [5, 5.41) is 3.31. The predicted molar refractivity (Wildman–Crippen MR) is 87.7 cm³/mol. The third-order valence-electron chi connectivity index (χ3n) is 4.65. The van der Waals surface area contributed by atoms with Gasteiger partial charge in [0.15, 0.2) is 0 Å². The summed E-state index contributed by atoms with van der Waals surface area (Å²) in [7, 11) is 0. The number of nitrogens with zero attached hydrogens (tertiary/aromatic N) is 1. The van der Waals surface area contributed by atoms with Gasteiger partial charge in [0.2, 0.25) is 5.91 Å². The second-order valence-electron chi connectivity index (χ2n) is 6.11. The van der Waals surface area contributed by atoms with Crippen LogP contribution >= 0.6 is 12.4 Å². The van der Waals surface area contributed by atoms with Gasteiger partial charge in [0, 0.05) is 13.1 Å². The summed E-state index contributed by atoms with van der Waals surface area (Å²) < 4.78 is 0. The van der Waals surface area contributed by atoms with E-state index < -0.39 is 0 Å². The van der Waals surface area contributed by atoms with Gasteiger partial charge in [-0.15, -0.1) is 12.4 Å². The number of halogens is 1. The van der Waals surface area contributed by atoms with Crippen molar-refractivity contribution in [2.75, 3.05) is 19.6 Å². The van der Waals surface area contributed by atoms with Crippen molar-refractivity contribution in [2.24, 2.45) is 5.92 Å². The van der Waals surface area contributed by atoms with E-state index in [1.165, 1.54) is 5.56 Å². The summed E-state index contributed by atoms with van der Waals surface area (Å²) in [5.41, 5.74) is 1.43. The van der Waals surface area contributed by atoms with E-state index in [1.807, 2.05) is 0 Å². The molecule has 1 unspecified atom stereocenters. The fourth-order valence-electron chi connectivity index (χ4n) is 3.42. The van der Waals surface area contributed by atoms with Crippen LogP contribution in [0.3, 0.4) is 0 Å². The highest BCUT2D eigenvalue weighted by atomic mass is 35.5. The van der Waals surface area contributed by atoms with Crippen molar-refractivity contribution in [1.29, 1.82) is 0 Å². The third kappa shape index (κ3) is 4.21. The number of hydrogen-bond acceptors (Lipinski definition) is 2. The number of likely N-dealkylation sites (tertiary alicyclic amines) is 1. The molecular formula is C17H25ClN2O. The maximum Gasteiger partial charge on any atom is 0.239 e. The van der Waals surface area contributed by atoms with Crippen LogP contribution in [0.15, 0.2) is 30.3 Å². The molecule has 2 aliphatic rings. The Balaban J connectivity index is 0.00000161. The molecule has 3 rings (SSSR count). The number of nitrogens with one attached hydrogen (secondary N) is 1. The normalized spacial score (nSPS) is 22.9. The quantitative estimate of drug-likeness (QED) is 0.931. The molecule has 0 spiro atoms. The van der Waals surface area contributed by atoms with E-state index in [9.17, 15) is 4.79 Å². The first-order chi connectivity index (χ1) is 9.83. The van der Waals surface area contributed by atoms with Crippen LogP contribution in [0.4, 0.5) is 0 Å². The van der Waals surface area contributed by atoms with Crippen LogP contribution in [-0.2, 0) is 11.2 Å². The lowest BCUT2D eigenvalue weighted by atomic mass is 9.90. The van der Waals surface area contributed by atoms with Gasteiger partial charge in [-0.2, -0.15) is 0 Å². The lowest BCUT2D eigenvalue weighted by molar-refractivity contribution is -0.134. The van der Waals surface area contributed by atoms with E-state index >= 15 is 0 Å². The second-order valence-corrected chi connectivity index (χ2v) is 6.11. The van der Waals surface area contributed by atoms with Crippen LogP contribution in [0.1, 0.15) is 31.2 Å². The Morgan fingerprint density at radius 2 is 1.86 bits per heavy atom. The largest absolute Gasteiger partial charge is 0.341 e. The maximum absolute atomic E-state index is 12.3. The Bertz CT molecular complexity index is 437. The topological polar surface area (TPSA) is 32.3 Å². The first kappa shape index (κ1) is 16.3. The number of carbonyl (C=O) groups excluding carboxylic acids is 1. The van der Waals surface area contributed by atoms with E-state index in [4.69, 9.17) is 0 Å². The number of carbonyl (C=O) groups is 1. The fraction of sp³-hybridized carbons (Fsp3) is 0.588. The molecular weight excluding hydrogens is 284 g/mol. The summed E-state index contributed by atoms with van der Waals surface area (Å²) in [6.07, 6.45) is 5.61. The minimum atomic E-state index is 0. The smallest absolute Gasteiger partial charge is 0.239 e. The van der Waals surface area contributed by atoms with Crippen molar-refractivity contribution in [1.82, 2.24) is 10.2 Å². The number of hydrogen-bond donors (Lipinski definition) is 1. The van der Waals surface area contributed by atoms with Crippen molar-refractivity contribution in [3.05, 3.63) is 35.9 Å². The molecule has 1 N–H and O–H groups in total. The van der Waals surface area contributed by atoms with E-state index in [1.54, 1.807) is 0 Å². The van der Waals surface area contributed by atoms with Crippen LogP contribution in [0, 0.1) is 5.92 Å². The Labute approximate surface area is 133 Å². The van der Waals surface area contributed by atoms with Crippen LogP contribution in [0.25, 0.3) is 0 Å². The van der Waals surface area contributed by atoms with Crippen LogP contribution in [-0.4, -0.2) is 36.5 Å². The summed E-state index contributed by atoms with van der Waals surface area (Å²) in [6.45, 7) is 2.88. The minimum absolute atomic E-state index is 0. The highest BCUT2D eigenvalue weighted by molar-refractivity contribution is 5.85. The lowest BCUT2D eigenvalue weighted by Crippen LogP contribution is -2.47. The molecule has 0 aromatic heterocycles. The monoisotopic (exact) mass is 308 g/mol. The second kappa shape index (κ2) is 7.81. The molecule has 21 heavy (non-hydrogen) atoms. The molecule has 2 fully saturated rings.